The Morgan fingerprint density at radius 3 is 2.24 bits per heavy atom. The van der Waals surface area contributed by atoms with Crippen LogP contribution in [0.25, 0.3) is 0 Å². The first-order valence-electron chi connectivity index (χ1n) is 8.04. The summed E-state index contributed by atoms with van der Waals surface area (Å²) in [6.07, 6.45) is 8.47. The molecule has 0 aromatic carbocycles. The van der Waals surface area contributed by atoms with E-state index >= 15 is 0 Å². The Balaban J connectivity index is 2.83. The standard InChI is InChI=1S/C16H29O4P/c1-4-7-11-16(12-9-8-10-13-16)15(17)14-21(18,19-5-2)20-6-3/h4H,1,5-14H2,2-3H3. The molecule has 0 spiro atoms. The first kappa shape index (κ1) is 18.6. The lowest BCUT2D eigenvalue weighted by atomic mass is 9.69. The van der Waals surface area contributed by atoms with Crippen molar-refractivity contribution in [2.75, 3.05) is 19.4 Å². The van der Waals surface area contributed by atoms with Crippen LogP contribution in [0.2, 0.25) is 0 Å². The Bertz CT molecular complexity index is 376. The molecule has 1 saturated carbocycles. The molecule has 0 saturated heterocycles. The Kier molecular flexibility index (Phi) is 7.86. The minimum atomic E-state index is -3.29. The third kappa shape index (κ3) is 5.36. The van der Waals surface area contributed by atoms with Crippen LogP contribution in [0, 0.1) is 5.41 Å². The van der Waals surface area contributed by atoms with Crippen molar-refractivity contribution < 1.29 is 18.4 Å². The Morgan fingerprint density at radius 1 is 1.19 bits per heavy atom. The second kappa shape index (κ2) is 8.87. The number of allylic oxidation sites excluding steroid dienone is 1. The van der Waals surface area contributed by atoms with Gasteiger partial charge in [0.2, 0.25) is 0 Å². The fraction of sp³-hybridized carbons (Fsp3) is 0.812. The topological polar surface area (TPSA) is 52.6 Å². The van der Waals surface area contributed by atoms with Crippen molar-refractivity contribution in [2.45, 2.75) is 58.8 Å². The lowest BCUT2D eigenvalue weighted by Gasteiger charge is -2.36. The number of carbonyl (C=O) groups excluding carboxylic acids is 1. The zero-order valence-corrected chi connectivity index (χ0v) is 14.3. The lowest BCUT2D eigenvalue weighted by Crippen LogP contribution is -2.35. The van der Waals surface area contributed by atoms with Gasteiger partial charge in [-0.15, -0.1) is 6.58 Å². The van der Waals surface area contributed by atoms with Crippen LogP contribution in [0.1, 0.15) is 58.8 Å². The molecule has 0 aliphatic heterocycles. The highest BCUT2D eigenvalue weighted by Gasteiger charge is 2.42. The summed E-state index contributed by atoms with van der Waals surface area (Å²) < 4.78 is 23.1. The molecule has 1 aliphatic carbocycles. The monoisotopic (exact) mass is 316 g/mol. The van der Waals surface area contributed by atoms with E-state index in [-0.39, 0.29) is 17.4 Å². The predicted octanol–water partition coefficient (Wildman–Crippen LogP) is 4.74. The lowest BCUT2D eigenvalue weighted by molar-refractivity contribution is -0.128. The van der Waals surface area contributed by atoms with E-state index in [9.17, 15) is 9.36 Å². The quantitative estimate of drug-likeness (QED) is 0.431. The molecule has 0 aromatic heterocycles. The molecule has 0 amide bonds. The minimum absolute atomic E-state index is 0.0503. The van der Waals surface area contributed by atoms with E-state index in [1.54, 1.807) is 13.8 Å². The van der Waals surface area contributed by atoms with Crippen molar-refractivity contribution >= 4 is 13.4 Å². The molecular weight excluding hydrogens is 287 g/mol. The van der Waals surface area contributed by atoms with Gasteiger partial charge in [0, 0.05) is 5.41 Å². The van der Waals surface area contributed by atoms with Crippen molar-refractivity contribution in [1.29, 1.82) is 0 Å². The number of Topliss-reactive ketones (excluding diaryl/α,β-unsaturated/α-hetero) is 1. The first-order chi connectivity index (χ1) is 10.0. The van der Waals surface area contributed by atoms with Crippen LogP contribution in [0.5, 0.6) is 0 Å². The van der Waals surface area contributed by atoms with Crippen LogP contribution in [0.4, 0.5) is 0 Å². The molecule has 1 aliphatic rings. The molecule has 0 aromatic rings. The van der Waals surface area contributed by atoms with Gasteiger partial charge in [-0.2, -0.15) is 0 Å². The van der Waals surface area contributed by atoms with Crippen LogP contribution >= 0.6 is 7.60 Å². The normalized spacial score (nSPS) is 18.4. The highest BCUT2D eigenvalue weighted by molar-refractivity contribution is 7.54. The third-order valence-corrected chi connectivity index (χ3v) is 6.20. The van der Waals surface area contributed by atoms with Crippen molar-refractivity contribution in [3.05, 3.63) is 12.7 Å². The van der Waals surface area contributed by atoms with Gasteiger partial charge < -0.3 is 9.05 Å². The summed E-state index contributed by atoms with van der Waals surface area (Å²) in [7, 11) is -3.29. The molecule has 0 unspecified atom stereocenters. The molecular formula is C16H29O4P. The van der Waals surface area contributed by atoms with Crippen molar-refractivity contribution in [3.63, 3.8) is 0 Å². The zero-order chi connectivity index (χ0) is 15.8. The number of rotatable bonds is 10. The van der Waals surface area contributed by atoms with Crippen LogP contribution in [0.3, 0.4) is 0 Å². The van der Waals surface area contributed by atoms with E-state index in [1.165, 1.54) is 6.42 Å². The van der Waals surface area contributed by atoms with E-state index in [4.69, 9.17) is 9.05 Å². The summed E-state index contributed by atoms with van der Waals surface area (Å²) in [4.78, 5) is 12.8. The van der Waals surface area contributed by atoms with Gasteiger partial charge in [0.05, 0.1) is 13.2 Å². The molecule has 0 bridgehead atoms. The van der Waals surface area contributed by atoms with E-state index in [0.29, 0.717) is 13.2 Å². The van der Waals surface area contributed by atoms with Gasteiger partial charge in [-0.05, 0) is 39.5 Å². The molecule has 5 heteroatoms. The van der Waals surface area contributed by atoms with Gasteiger partial charge in [-0.3, -0.25) is 9.36 Å². The average Bonchev–Trinajstić information content (AvgIpc) is 2.46. The van der Waals surface area contributed by atoms with E-state index < -0.39 is 7.60 Å². The molecule has 122 valence electrons. The Morgan fingerprint density at radius 2 is 1.76 bits per heavy atom. The highest BCUT2D eigenvalue weighted by Crippen LogP contribution is 2.51. The molecule has 21 heavy (non-hydrogen) atoms. The second-order valence-corrected chi connectivity index (χ2v) is 7.75. The van der Waals surface area contributed by atoms with Crippen molar-refractivity contribution in [2.24, 2.45) is 5.41 Å². The summed E-state index contributed by atoms with van der Waals surface area (Å²) >= 11 is 0. The molecule has 1 rings (SSSR count). The molecule has 0 N–H and O–H groups in total. The smallest absolute Gasteiger partial charge is 0.309 e. The van der Waals surface area contributed by atoms with Crippen molar-refractivity contribution in [1.82, 2.24) is 0 Å². The second-order valence-electron chi connectivity index (χ2n) is 5.70. The van der Waals surface area contributed by atoms with Crippen LogP contribution in [-0.4, -0.2) is 25.2 Å². The van der Waals surface area contributed by atoms with Gasteiger partial charge in [0.1, 0.15) is 6.16 Å². The van der Waals surface area contributed by atoms with Crippen LogP contribution < -0.4 is 0 Å². The summed E-state index contributed by atoms with van der Waals surface area (Å²) in [5, 5.41) is 0. The third-order valence-electron chi connectivity index (χ3n) is 4.22. The van der Waals surface area contributed by atoms with Crippen LogP contribution in [0.15, 0.2) is 12.7 Å². The minimum Gasteiger partial charge on any atom is -0.309 e. The summed E-state index contributed by atoms with van der Waals surface area (Å²) in [5.74, 6) is 0.0503. The molecule has 0 radical (unpaired) electrons. The summed E-state index contributed by atoms with van der Waals surface area (Å²) in [6.45, 7) is 7.88. The molecule has 1 fully saturated rings. The van der Waals surface area contributed by atoms with Gasteiger partial charge >= 0.3 is 7.60 Å². The number of hydrogen-bond donors (Lipinski definition) is 0. The number of carbonyl (C=O) groups is 1. The SMILES string of the molecule is C=CCCC1(C(=O)CP(=O)(OCC)OCC)CCCCC1. The number of ketones is 1. The molecule has 0 atom stereocenters. The zero-order valence-electron chi connectivity index (χ0n) is 13.4. The van der Waals surface area contributed by atoms with Gasteiger partial charge in [-0.25, -0.2) is 0 Å². The van der Waals surface area contributed by atoms with Gasteiger partial charge in [-0.1, -0.05) is 25.3 Å². The van der Waals surface area contributed by atoms with Crippen molar-refractivity contribution in [3.8, 4) is 0 Å². The summed E-state index contributed by atoms with van der Waals surface area (Å²) in [5.41, 5.74) is -0.351. The van der Waals surface area contributed by atoms with Gasteiger partial charge in [0.15, 0.2) is 5.78 Å². The maximum absolute atomic E-state index is 12.8. The maximum Gasteiger partial charge on any atom is 0.338 e. The van der Waals surface area contributed by atoms with E-state index in [0.717, 1.165) is 38.5 Å². The predicted molar refractivity (Wildman–Crippen MR) is 85.7 cm³/mol. The Hall–Kier alpha value is -0.440. The molecule has 0 heterocycles. The molecule has 4 nitrogen and oxygen atoms in total. The van der Waals surface area contributed by atoms with E-state index in [1.807, 2.05) is 6.08 Å². The summed E-state index contributed by atoms with van der Waals surface area (Å²) in [6, 6.07) is 0. The first-order valence-corrected chi connectivity index (χ1v) is 9.77. The fourth-order valence-corrected chi connectivity index (χ4v) is 4.87. The highest BCUT2D eigenvalue weighted by atomic mass is 31.2. The van der Waals surface area contributed by atoms with Crippen LogP contribution in [-0.2, 0) is 18.4 Å². The van der Waals surface area contributed by atoms with E-state index in [2.05, 4.69) is 6.58 Å². The number of hydrogen-bond acceptors (Lipinski definition) is 4. The maximum atomic E-state index is 12.8. The largest absolute Gasteiger partial charge is 0.338 e. The Labute approximate surface area is 128 Å². The average molecular weight is 316 g/mol. The van der Waals surface area contributed by atoms with Gasteiger partial charge in [0.25, 0.3) is 0 Å². The fourth-order valence-electron chi connectivity index (χ4n) is 3.14.